The summed E-state index contributed by atoms with van der Waals surface area (Å²) in [5, 5.41) is 17.0. The van der Waals surface area contributed by atoms with E-state index in [1.54, 1.807) is 6.07 Å². The van der Waals surface area contributed by atoms with Crippen LogP contribution in [0.5, 0.6) is 0 Å². The first-order valence-corrected chi connectivity index (χ1v) is 6.66. The molecule has 0 radical (unpaired) electrons. The Morgan fingerprint density at radius 1 is 1.35 bits per heavy atom. The Labute approximate surface area is 118 Å². The van der Waals surface area contributed by atoms with Crippen molar-refractivity contribution in [1.82, 2.24) is 4.98 Å². The lowest BCUT2D eigenvalue weighted by atomic mass is 10.1. The molecule has 7 nitrogen and oxygen atoms in total. The van der Waals surface area contributed by atoms with Crippen LogP contribution in [-0.4, -0.2) is 35.2 Å². The Balaban J connectivity index is 2.90. The van der Waals surface area contributed by atoms with Crippen molar-refractivity contribution < 1.29 is 9.66 Å². The molecule has 20 heavy (non-hydrogen) atoms. The van der Waals surface area contributed by atoms with E-state index < -0.39 is 10.5 Å². The number of hydrogen-bond donors (Lipinski definition) is 2. The van der Waals surface area contributed by atoms with E-state index in [1.807, 2.05) is 27.7 Å². The van der Waals surface area contributed by atoms with Crippen LogP contribution in [0.2, 0.25) is 0 Å². The standard InChI is InChI=1S/C13H22N4O3/c1-5-14-11-8-7-10(17(18)19)12(16-11)15-9-13(3,4)20-6-2/h7-8H,5-6,9H2,1-4H3,(H2,14,15,16). The van der Waals surface area contributed by atoms with Crippen LogP contribution in [0.25, 0.3) is 0 Å². The number of nitrogens with zero attached hydrogens (tertiary/aromatic N) is 2. The lowest BCUT2D eigenvalue weighted by molar-refractivity contribution is -0.384. The van der Waals surface area contributed by atoms with Crippen LogP contribution >= 0.6 is 0 Å². The zero-order chi connectivity index (χ0) is 15.2. The molecule has 0 amide bonds. The van der Waals surface area contributed by atoms with Gasteiger partial charge in [-0.3, -0.25) is 10.1 Å². The van der Waals surface area contributed by atoms with Crippen LogP contribution in [0.1, 0.15) is 27.7 Å². The second-order valence-electron chi connectivity index (χ2n) is 4.90. The summed E-state index contributed by atoms with van der Waals surface area (Å²) < 4.78 is 5.55. The molecule has 112 valence electrons. The van der Waals surface area contributed by atoms with Gasteiger partial charge >= 0.3 is 5.69 Å². The Kier molecular flexibility index (Phi) is 5.69. The number of nitro groups is 1. The van der Waals surface area contributed by atoms with Crippen LogP contribution < -0.4 is 10.6 Å². The van der Waals surface area contributed by atoms with Crippen molar-refractivity contribution in [3.63, 3.8) is 0 Å². The topological polar surface area (TPSA) is 89.3 Å². The van der Waals surface area contributed by atoms with Crippen LogP contribution in [-0.2, 0) is 4.74 Å². The van der Waals surface area contributed by atoms with Crippen molar-refractivity contribution in [1.29, 1.82) is 0 Å². The van der Waals surface area contributed by atoms with E-state index in [9.17, 15) is 10.1 Å². The van der Waals surface area contributed by atoms with Crippen molar-refractivity contribution >= 4 is 17.3 Å². The zero-order valence-electron chi connectivity index (χ0n) is 12.4. The summed E-state index contributed by atoms with van der Waals surface area (Å²) in [6.45, 7) is 9.41. The maximum Gasteiger partial charge on any atom is 0.311 e. The van der Waals surface area contributed by atoms with Gasteiger partial charge in [0.2, 0.25) is 5.82 Å². The molecule has 7 heteroatoms. The van der Waals surface area contributed by atoms with E-state index in [2.05, 4.69) is 15.6 Å². The molecule has 0 saturated heterocycles. The predicted molar refractivity (Wildman–Crippen MR) is 79.2 cm³/mol. The van der Waals surface area contributed by atoms with E-state index in [1.165, 1.54) is 6.07 Å². The van der Waals surface area contributed by atoms with Gasteiger partial charge in [-0.1, -0.05) is 0 Å². The summed E-state index contributed by atoms with van der Waals surface area (Å²) in [6.07, 6.45) is 0. The van der Waals surface area contributed by atoms with Gasteiger partial charge in [0.05, 0.1) is 10.5 Å². The molecule has 0 aliphatic rings. The molecule has 1 aromatic heterocycles. The molecule has 0 aliphatic heterocycles. The smallest absolute Gasteiger partial charge is 0.311 e. The fourth-order valence-electron chi connectivity index (χ4n) is 1.75. The fraction of sp³-hybridized carbons (Fsp3) is 0.615. The van der Waals surface area contributed by atoms with E-state index in [0.29, 0.717) is 25.5 Å². The monoisotopic (exact) mass is 282 g/mol. The Hall–Kier alpha value is -1.89. The molecule has 0 unspecified atom stereocenters. The number of rotatable bonds is 8. The van der Waals surface area contributed by atoms with E-state index in [0.717, 1.165) is 0 Å². The molecule has 0 spiro atoms. The first-order chi connectivity index (χ1) is 9.39. The maximum atomic E-state index is 11.0. The third-order valence-corrected chi connectivity index (χ3v) is 2.65. The highest BCUT2D eigenvalue weighted by Gasteiger charge is 2.21. The molecule has 2 N–H and O–H groups in total. The third-order valence-electron chi connectivity index (χ3n) is 2.65. The Bertz CT molecular complexity index is 463. The maximum absolute atomic E-state index is 11.0. The van der Waals surface area contributed by atoms with Gasteiger partial charge in [-0.2, -0.15) is 0 Å². The molecule has 0 aliphatic carbocycles. The van der Waals surface area contributed by atoms with Crippen LogP contribution in [0.3, 0.4) is 0 Å². The number of pyridine rings is 1. The van der Waals surface area contributed by atoms with Gasteiger partial charge in [-0.05, 0) is 33.8 Å². The van der Waals surface area contributed by atoms with Crippen LogP contribution in [0.15, 0.2) is 12.1 Å². The molecule has 1 rings (SSSR count). The summed E-state index contributed by atoms with van der Waals surface area (Å²) in [5.41, 5.74) is -0.461. The Morgan fingerprint density at radius 3 is 2.60 bits per heavy atom. The molecule has 0 saturated carbocycles. The van der Waals surface area contributed by atoms with Crippen LogP contribution in [0, 0.1) is 10.1 Å². The number of anilines is 2. The lowest BCUT2D eigenvalue weighted by Gasteiger charge is -2.25. The first-order valence-electron chi connectivity index (χ1n) is 6.66. The molecule has 0 aromatic carbocycles. The van der Waals surface area contributed by atoms with E-state index >= 15 is 0 Å². The fourth-order valence-corrected chi connectivity index (χ4v) is 1.75. The summed E-state index contributed by atoms with van der Waals surface area (Å²) in [5.74, 6) is 0.857. The summed E-state index contributed by atoms with van der Waals surface area (Å²) in [4.78, 5) is 14.8. The molecular formula is C13H22N4O3. The summed E-state index contributed by atoms with van der Waals surface area (Å²) >= 11 is 0. The van der Waals surface area contributed by atoms with Gasteiger partial charge in [0, 0.05) is 25.8 Å². The molecule has 1 heterocycles. The normalized spacial score (nSPS) is 11.2. The van der Waals surface area contributed by atoms with Gasteiger partial charge in [0.15, 0.2) is 0 Å². The average Bonchev–Trinajstić information content (AvgIpc) is 2.36. The molecule has 0 bridgehead atoms. The van der Waals surface area contributed by atoms with Crippen molar-refractivity contribution in [2.24, 2.45) is 0 Å². The molecule has 0 fully saturated rings. The quantitative estimate of drug-likeness (QED) is 0.563. The highest BCUT2D eigenvalue weighted by molar-refractivity contribution is 5.60. The number of hydrogen-bond acceptors (Lipinski definition) is 6. The minimum absolute atomic E-state index is 0.0426. The lowest BCUT2D eigenvalue weighted by Crippen LogP contribution is -2.33. The van der Waals surface area contributed by atoms with Gasteiger partial charge in [0.25, 0.3) is 0 Å². The highest BCUT2D eigenvalue weighted by atomic mass is 16.6. The number of aromatic nitrogens is 1. The zero-order valence-corrected chi connectivity index (χ0v) is 12.4. The molecule has 0 atom stereocenters. The van der Waals surface area contributed by atoms with Crippen molar-refractivity contribution in [2.45, 2.75) is 33.3 Å². The Morgan fingerprint density at radius 2 is 2.05 bits per heavy atom. The minimum Gasteiger partial charge on any atom is -0.374 e. The van der Waals surface area contributed by atoms with Crippen molar-refractivity contribution in [3.05, 3.63) is 22.2 Å². The minimum atomic E-state index is -0.446. The third kappa shape index (κ3) is 4.65. The largest absolute Gasteiger partial charge is 0.374 e. The second kappa shape index (κ2) is 7.04. The first kappa shape index (κ1) is 16.2. The molecule has 1 aromatic rings. The molecular weight excluding hydrogens is 260 g/mol. The van der Waals surface area contributed by atoms with Gasteiger partial charge in [-0.25, -0.2) is 4.98 Å². The number of ether oxygens (including phenoxy) is 1. The van der Waals surface area contributed by atoms with Gasteiger partial charge in [0.1, 0.15) is 5.82 Å². The predicted octanol–water partition coefficient (Wildman–Crippen LogP) is 2.65. The van der Waals surface area contributed by atoms with E-state index in [-0.39, 0.29) is 11.5 Å². The SMILES string of the molecule is CCNc1ccc([N+](=O)[O-])c(NCC(C)(C)OCC)n1. The van der Waals surface area contributed by atoms with E-state index in [4.69, 9.17) is 4.74 Å². The average molecular weight is 282 g/mol. The van der Waals surface area contributed by atoms with Gasteiger partial charge in [-0.15, -0.1) is 0 Å². The van der Waals surface area contributed by atoms with Gasteiger partial charge < -0.3 is 15.4 Å². The highest BCUT2D eigenvalue weighted by Crippen LogP contribution is 2.24. The van der Waals surface area contributed by atoms with Crippen molar-refractivity contribution in [2.75, 3.05) is 30.3 Å². The second-order valence-corrected chi connectivity index (χ2v) is 4.90. The number of nitrogens with one attached hydrogen (secondary N) is 2. The van der Waals surface area contributed by atoms with Crippen LogP contribution in [0.4, 0.5) is 17.3 Å². The summed E-state index contributed by atoms with van der Waals surface area (Å²) in [6, 6.07) is 3.04. The van der Waals surface area contributed by atoms with Crippen molar-refractivity contribution in [3.8, 4) is 0 Å². The summed E-state index contributed by atoms with van der Waals surface area (Å²) in [7, 11) is 0.